The van der Waals surface area contributed by atoms with E-state index in [1.54, 1.807) is 12.1 Å². The number of aryl methyl sites for hydroxylation is 1. The summed E-state index contributed by atoms with van der Waals surface area (Å²) >= 11 is 0. The average Bonchev–Trinajstić information content (AvgIpc) is 2.23. The molecule has 0 spiro atoms. The molecular formula is C12H12N2O3. The predicted molar refractivity (Wildman–Crippen MR) is 63.4 cm³/mol. The van der Waals surface area contributed by atoms with Gasteiger partial charge in [-0.05, 0) is 18.6 Å². The van der Waals surface area contributed by atoms with Gasteiger partial charge in [0.25, 0.3) is 5.69 Å². The van der Waals surface area contributed by atoms with Gasteiger partial charge >= 0.3 is 0 Å². The largest absolute Gasteiger partial charge is 0.345 e. The third-order valence-electron chi connectivity index (χ3n) is 2.00. The Bertz CT molecular complexity index is 512. The van der Waals surface area contributed by atoms with Gasteiger partial charge in [0.05, 0.1) is 11.5 Å². The summed E-state index contributed by atoms with van der Waals surface area (Å²) in [6, 6.07) is 4.74. The van der Waals surface area contributed by atoms with Crippen LogP contribution in [-0.4, -0.2) is 17.4 Å². The predicted octanol–water partition coefficient (Wildman–Crippen LogP) is 1.39. The Morgan fingerprint density at radius 2 is 2.24 bits per heavy atom. The number of nitrogens with zero attached hydrogens (tertiary/aromatic N) is 1. The summed E-state index contributed by atoms with van der Waals surface area (Å²) in [4.78, 5) is 20.9. The monoisotopic (exact) mass is 232 g/mol. The Hall–Kier alpha value is -2.35. The van der Waals surface area contributed by atoms with Crippen molar-refractivity contribution in [3.05, 3.63) is 39.4 Å². The molecule has 0 atom stereocenters. The normalized spacial score (nSPS) is 9.06. The van der Waals surface area contributed by atoms with E-state index in [0.29, 0.717) is 5.56 Å². The van der Waals surface area contributed by atoms with Crippen LogP contribution in [-0.2, 0) is 4.79 Å². The minimum absolute atomic E-state index is 0.0223. The van der Waals surface area contributed by atoms with Crippen LogP contribution in [0, 0.1) is 28.9 Å². The molecule has 0 fully saturated rings. The fourth-order valence-electron chi connectivity index (χ4n) is 1.22. The van der Waals surface area contributed by atoms with E-state index in [4.69, 9.17) is 0 Å². The number of nitro benzene ring substituents is 1. The number of carbonyl (C=O) groups is 1. The highest BCUT2D eigenvalue weighted by atomic mass is 16.6. The summed E-state index contributed by atoms with van der Waals surface area (Å²) in [5.41, 5.74) is 1.24. The summed E-state index contributed by atoms with van der Waals surface area (Å²) in [6.07, 6.45) is 0. The highest BCUT2D eigenvalue weighted by molar-refractivity contribution is 5.73. The molecule has 1 amide bonds. The molecule has 0 bridgehead atoms. The van der Waals surface area contributed by atoms with E-state index in [1.165, 1.54) is 13.0 Å². The number of carbonyl (C=O) groups excluding carboxylic acids is 1. The van der Waals surface area contributed by atoms with Crippen LogP contribution in [0.5, 0.6) is 0 Å². The third kappa shape index (κ3) is 3.95. The minimum atomic E-state index is -0.470. The van der Waals surface area contributed by atoms with Crippen molar-refractivity contribution in [1.82, 2.24) is 5.32 Å². The van der Waals surface area contributed by atoms with Crippen LogP contribution in [0.3, 0.4) is 0 Å². The molecule has 0 unspecified atom stereocenters. The van der Waals surface area contributed by atoms with Crippen molar-refractivity contribution < 1.29 is 9.72 Å². The van der Waals surface area contributed by atoms with Crippen molar-refractivity contribution >= 4 is 11.6 Å². The SMILES string of the molecule is CC(=O)NCC#Cc1cc(C)ccc1[N+](=O)[O-]. The first-order valence-electron chi connectivity index (χ1n) is 4.99. The van der Waals surface area contributed by atoms with Gasteiger partial charge in [-0.3, -0.25) is 14.9 Å². The van der Waals surface area contributed by atoms with E-state index in [-0.39, 0.29) is 18.1 Å². The fourth-order valence-corrected chi connectivity index (χ4v) is 1.22. The van der Waals surface area contributed by atoms with Crippen LogP contribution >= 0.6 is 0 Å². The lowest BCUT2D eigenvalue weighted by Gasteiger charge is -1.97. The van der Waals surface area contributed by atoms with Crippen LogP contribution < -0.4 is 5.32 Å². The van der Waals surface area contributed by atoms with Gasteiger partial charge in [0.15, 0.2) is 0 Å². The quantitative estimate of drug-likeness (QED) is 0.475. The lowest BCUT2D eigenvalue weighted by atomic mass is 10.1. The van der Waals surface area contributed by atoms with E-state index in [9.17, 15) is 14.9 Å². The van der Waals surface area contributed by atoms with Gasteiger partial charge < -0.3 is 5.32 Å². The second-order valence-electron chi connectivity index (χ2n) is 3.49. The van der Waals surface area contributed by atoms with Gasteiger partial charge in [-0.15, -0.1) is 0 Å². The molecule has 0 saturated heterocycles. The Morgan fingerprint density at radius 3 is 2.82 bits per heavy atom. The number of hydrogen-bond acceptors (Lipinski definition) is 3. The smallest absolute Gasteiger partial charge is 0.284 e. The van der Waals surface area contributed by atoms with Gasteiger partial charge in [0, 0.05) is 13.0 Å². The first-order chi connectivity index (χ1) is 8.00. The molecule has 0 radical (unpaired) electrons. The lowest BCUT2D eigenvalue weighted by Crippen LogP contribution is -2.19. The lowest BCUT2D eigenvalue weighted by molar-refractivity contribution is -0.385. The second kappa shape index (κ2) is 5.66. The maximum atomic E-state index is 10.7. The molecule has 1 rings (SSSR count). The fraction of sp³-hybridized carbons (Fsp3) is 0.250. The molecule has 0 heterocycles. The maximum Gasteiger partial charge on any atom is 0.284 e. The van der Waals surface area contributed by atoms with Crippen LogP contribution in [0.25, 0.3) is 0 Å². The number of rotatable bonds is 2. The Labute approximate surface area is 99.0 Å². The summed E-state index contributed by atoms with van der Waals surface area (Å²) in [7, 11) is 0. The van der Waals surface area contributed by atoms with E-state index in [1.807, 2.05) is 6.92 Å². The topological polar surface area (TPSA) is 72.2 Å². The summed E-state index contributed by atoms with van der Waals surface area (Å²) < 4.78 is 0. The first-order valence-corrected chi connectivity index (χ1v) is 4.99. The summed E-state index contributed by atoms with van der Waals surface area (Å²) in [5.74, 6) is 5.17. The van der Waals surface area contributed by atoms with Crippen LogP contribution in [0.4, 0.5) is 5.69 Å². The van der Waals surface area contributed by atoms with E-state index < -0.39 is 4.92 Å². The highest BCUT2D eigenvalue weighted by Crippen LogP contribution is 2.18. The highest BCUT2D eigenvalue weighted by Gasteiger charge is 2.10. The number of nitrogens with one attached hydrogen (secondary N) is 1. The standard InChI is InChI=1S/C12H12N2O3/c1-9-5-6-12(14(16)17)11(8-9)4-3-7-13-10(2)15/h5-6,8H,7H2,1-2H3,(H,13,15). The van der Waals surface area contributed by atoms with Gasteiger partial charge in [0.2, 0.25) is 5.91 Å². The molecule has 1 aromatic carbocycles. The third-order valence-corrected chi connectivity index (χ3v) is 2.00. The Balaban J connectivity index is 2.92. The minimum Gasteiger partial charge on any atom is -0.345 e. The molecular weight excluding hydrogens is 220 g/mol. The van der Waals surface area contributed by atoms with Crippen molar-refractivity contribution in [2.75, 3.05) is 6.54 Å². The maximum absolute atomic E-state index is 10.7. The molecule has 0 aromatic heterocycles. The zero-order chi connectivity index (χ0) is 12.8. The second-order valence-corrected chi connectivity index (χ2v) is 3.49. The van der Waals surface area contributed by atoms with Gasteiger partial charge in [-0.1, -0.05) is 17.9 Å². The molecule has 1 aromatic rings. The summed E-state index contributed by atoms with van der Waals surface area (Å²) in [5, 5.41) is 13.2. The first kappa shape index (κ1) is 12.7. The number of amides is 1. The van der Waals surface area contributed by atoms with Gasteiger partial charge in [0.1, 0.15) is 5.56 Å². The molecule has 0 aliphatic heterocycles. The Morgan fingerprint density at radius 1 is 1.53 bits per heavy atom. The summed E-state index contributed by atoms with van der Waals surface area (Å²) in [6.45, 7) is 3.40. The molecule has 5 nitrogen and oxygen atoms in total. The molecule has 0 saturated carbocycles. The number of hydrogen-bond donors (Lipinski definition) is 1. The molecule has 88 valence electrons. The van der Waals surface area contributed by atoms with Gasteiger partial charge in [-0.25, -0.2) is 0 Å². The molecule has 1 N–H and O–H groups in total. The van der Waals surface area contributed by atoms with Crippen molar-refractivity contribution in [3.63, 3.8) is 0 Å². The number of nitro groups is 1. The number of benzene rings is 1. The van der Waals surface area contributed by atoms with Gasteiger partial charge in [-0.2, -0.15) is 0 Å². The molecule has 0 aliphatic carbocycles. The zero-order valence-electron chi connectivity index (χ0n) is 9.61. The van der Waals surface area contributed by atoms with Crippen LogP contribution in [0.2, 0.25) is 0 Å². The Kier molecular flexibility index (Phi) is 4.23. The van der Waals surface area contributed by atoms with E-state index >= 15 is 0 Å². The average molecular weight is 232 g/mol. The van der Waals surface area contributed by atoms with Crippen LogP contribution in [0.15, 0.2) is 18.2 Å². The molecule has 0 aliphatic rings. The zero-order valence-corrected chi connectivity index (χ0v) is 9.61. The molecule has 17 heavy (non-hydrogen) atoms. The van der Waals surface area contributed by atoms with Crippen molar-refractivity contribution in [2.45, 2.75) is 13.8 Å². The van der Waals surface area contributed by atoms with Crippen molar-refractivity contribution in [2.24, 2.45) is 0 Å². The van der Waals surface area contributed by atoms with Crippen molar-refractivity contribution in [1.29, 1.82) is 0 Å². The van der Waals surface area contributed by atoms with Crippen LogP contribution in [0.1, 0.15) is 18.1 Å². The van der Waals surface area contributed by atoms with E-state index in [0.717, 1.165) is 5.56 Å². The molecule has 5 heteroatoms. The van der Waals surface area contributed by atoms with Crippen molar-refractivity contribution in [3.8, 4) is 11.8 Å². The van der Waals surface area contributed by atoms with E-state index in [2.05, 4.69) is 17.2 Å².